The molecule has 0 amide bonds. The van der Waals surface area contributed by atoms with Gasteiger partial charge in [-0.3, -0.25) is 4.90 Å². The summed E-state index contributed by atoms with van der Waals surface area (Å²) < 4.78 is 5.16. The van der Waals surface area contributed by atoms with Gasteiger partial charge in [0.25, 0.3) is 0 Å². The molecule has 20 heavy (non-hydrogen) atoms. The van der Waals surface area contributed by atoms with Crippen LogP contribution in [0.15, 0.2) is 12.1 Å². The Morgan fingerprint density at radius 2 is 2.10 bits per heavy atom. The van der Waals surface area contributed by atoms with Crippen molar-refractivity contribution in [3.63, 3.8) is 0 Å². The third kappa shape index (κ3) is 4.01. The lowest BCUT2D eigenvalue weighted by atomic mass is 10.0. The molecule has 4 nitrogen and oxygen atoms in total. The molecule has 0 aliphatic carbocycles. The summed E-state index contributed by atoms with van der Waals surface area (Å²) in [7, 11) is 1.52. The Labute approximate surface area is 126 Å². The number of unbranched alkanes of at least 4 members (excludes halogenated alkanes) is 1. The largest absolute Gasteiger partial charge is 0.503 e. The summed E-state index contributed by atoms with van der Waals surface area (Å²) in [6.45, 7) is 6.71. The number of nitrogens with two attached hydrogens (primary N) is 1. The normalized spacial score (nSPS) is 12.7. The average Bonchev–Trinajstić information content (AvgIpc) is 2.46. The molecule has 0 saturated heterocycles. The number of rotatable bonds is 8. The number of hydrogen-bond acceptors (Lipinski definition) is 4. The zero-order valence-electron chi connectivity index (χ0n) is 12.5. The quantitative estimate of drug-likeness (QED) is 0.774. The van der Waals surface area contributed by atoms with E-state index in [1.54, 1.807) is 6.07 Å². The molecule has 0 aliphatic heterocycles. The maximum absolute atomic E-state index is 9.81. The molecule has 0 aliphatic rings. The van der Waals surface area contributed by atoms with Gasteiger partial charge in [-0.25, -0.2) is 0 Å². The van der Waals surface area contributed by atoms with E-state index in [1.165, 1.54) is 7.11 Å². The van der Waals surface area contributed by atoms with Crippen LogP contribution < -0.4 is 10.5 Å². The van der Waals surface area contributed by atoms with Gasteiger partial charge in [0.2, 0.25) is 0 Å². The summed E-state index contributed by atoms with van der Waals surface area (Å²) in [5.41, 5.74) is 6.92. The fourth-order valence-corrected chi connectivity index (χ4v) is 2.55. The third-order valence-corrected chi connectivity index (χ3v) is 3.81. The molecule has 0 heterocycles. The van der Waals surface area contributed by atoms with Crippen molar-refractivity contribution in [1.29, 1.82) is 0 Å². The molecule has 0 bridgehead atoms. The van der Waals surface area contributed by atoms with Gasteiger partial charge in [-0.2, -0.15) is 0 Å². The van der Waals surface area contributed by atoms with Crippen LogP contribution in [-0.4, -0.2) is 36.8 Å². The van der Waals surface area contributed by atoms with E-state index < -0.39 is 0 Å². The second kappa shape index (κ2) is 8.35. The van der Waals surface area contributed by atoms with Crippen molar-refractivity contribution in [3.8, 4) is 11.5 Å². The fourth-order valence-electron chi connectivity index (χ4n) is 2.33. The van der Waals surface area contributed by atoms with Crippen LogP contribution in [0.4, 0.5) is 0 Å². The maximum Gasteiger partial charge on any atom is 0.176 e. The summed E-state index contributed by atoms with van der Waals surface area (Å²) in [6, 6.07) is 3.66. The first-order chi connectivity index (χ1) is 9.58. The first kappa shape index (κ1) is 17.1. The molecule has 5 heteroatoms. The highest BCUT2D eigenvalue weighted by Crippen LogP contribution is 2.37. The Kier molecular flexibility index (Phi) is 7.13. The van der Waals surface area contributed by atoms with Gasteiger partial charge in [0, 0.05) is 12.6 Å². The lowest BCUT2D eigenvalue weighted by Crippen LogP contribution is -2.34. The molecule has 0 aromatic heterocycles. The highest BCUT2D eigenvalue weighted by atomic mass is 35.5. The van der Waals surface area contributed by atoms with E-state index in [-0.39, 0.29) is 11.8 Å². The monoisotopic (exact) mass is 300 g/mol. The number of hydrogen-bond donors (Lipinski definition) is 2. The van der Waals surface area contributed by atoms with Gasteiger partial charge in [-0.15, -0.1) is 0 Å². The van der Waals surface area contributed by atoms with Crippen LogP contribution in [0.25, 0.3) is 0 Å². The summed E-state index contributed by atoms with van der Waals surface area (Å²) >= 11 is 6.06. The van der Waals surface area contributed by atoms with E-state index in [0.29, 0.717) is 17.3 Å². The third-order valence-electron chi connectivity index (χ3n) is 3.52. The number of aromatic hydroxyl groups is 1. The predicted octanol–water partition coefficient (Wildman–Crippen LogP) is 3.18. The minimum Gasteiger partial charge on any atom is -0.503 e. The molecular weight excluding hydrogens is 276 g/mol. The SMILES string of the molecule is CCCCN(CC)C(CN)c1cc(Cl)c(O)c(OC)c1. The summed E-state index contributed by atoms with van der Waals surface area (Å²) in [5, 5.41) is 10.1. The molecule has 0 radical (unpaired) electrons. The highest BCUT2D eigenvalue weighted by molar-refractivity contribution is 6.32. The average molecular weight is 301 g/mol. The summed E-state index contributed by atoms with van der Waals surface area (Å²) in [5.74, 6) is 0.364. The lowest BCUT2D eigenvalue weighted by Gasteiger charge is -2.30. The van der Waals surface area contributed by atoms with Crippen molar-refractivity contribution in [3.05, 3.63) is 22.7 Å². The minimum atomic E-state index is -0.0229. The molecule has 1 aromatic rings. The van der Waals surface area contributed by atoms with Crippen LogP contribution in [-0.2, 0) is 0 Å². The van der Waals surface area contributed by atoms with Crippen molar-refractivity contribution in [2.75, 3.05) is 26.7 Å². The van der Waals surface area contributed by atoms with E-state index in [9.17, 15) is 5.11 Å². The molecule has 3 N–H and O–H groups in total. The molecule has 114 valence electrons. The van der Waals surface area contributed by atoms with Crippen molar-refractivity contribution < 1.29 is 9.84 Å². The van der Waals surface area contributed by atoms with Gasteiger partial charge in [0.05, 0.1) is 12.1 Å². The Morgan fingerprint density at radius 1 is 1.40 bits per heavy atom. The number of nitrogens with zero attached hydrogens (tertiary/aromatic N) is 1. The van der Waals surface area contributed by atoms with Gasteiger partial charge in [0.1, 0.15) is 0 Å². The number of phenolic OH excluding ortho intramolecular Hbond substituents is 1. The molecule has 1 atom stereocenters. The molecular formula is C15H25ClN2O2. The number of methoxy groups -OCH3 is 1. The van der Waals surface area contributed by atoms with Crippen LogP contribution in [0.1, 0.15) is 38.3 Å². The van der Waals surface area contributed by atoms with Crippen molar-refractivity contribution in [1.82, 2.24) is 4.90 Å². The smallest absolute Gasteiger partial charge is 0.176 e. The van der Waals surface area contributed by atoms with Crippen LogP contribution >= 0.6 is 11.6 Å². The van der Waals surface area contributed by atoms with E-state index in [1.807, 2.05) is 6.07 Å². The maximum atomic E-state index is 9.81. The van der Waals surface area contributed by atoms with E-state index >= 15 is 0 Å². The van der Waals surface area contributed by atoms with Crippen LogP contribution in [0, 0.1) is 0 Å². The standard InChI is InChI=1S/C15H25ClN2O2/c1-4-6-7-18(5-2)13(10-17)11-8-12(16)15(19)14(9-11)20-3/h8-9,13,19H,4-7,10,17H2,1-3H3. The van der Waals surface area contributed by atoms with Gasteiger partial charge < -0.3 is 15.6 Å². The number of phenols is 1. The Balaban J connectivity index is 3.07. The highest BCUT2D eigenvalue weighted by Gasteiger charge is 2.20. The number of benzene rings is 1. The molecule has 0 spiro atoms. The second-order valence-electron chi connectivity index (χ2n) is 4.79. The van der Waals surface area contributed by atoms with Crippen LogP contribution in [0.5, 0.6) is 11.5 Å². The summed E-state index contributed by atoms with van der Waals surface area (Å²) in [4.78, 5) is 2.33. The second-order valence-corrected chi connectivity index (χ2v) is 5.19. The molecule has 0 saturated carbocycles. The van der Waals surface area contributed by atoms with Crippen molar-refractivity contribution in [2.45, 2.75) is 32.7 Å². The topological polar surface area (TPSA) is 58.7 Å². The van der Waals surface area contributed by atoms with Crippen LogP contribution in [0.3, 0.4) is 0 Å². The fraction of sp³-hybridized carbons (Fsp3) is 0.600. The molecule has 1 rings (SSSR count). The van der Waals surface area contributed by atoms with E-state index in [0.717, 1.165) is 31.5 Å². The molecule has 1 aromatic carbocycles. The predicted molar refractivity (Wildman–Crippen MR) is 83.6 cm³/mol. The Hall–Kier alpha value is -0.970. The van der Waals surface area contributed by atoms with Gasteiger partial charge in [-0.05, 0) is 37.2 Å². The number of halogens is 1. The lowest BCUT2D eigenvalue weighted by molar-refractivity contribution is 0.208. The van der Waals surface area contributed by atoms with Crippen molar-refractivity contribution in [2.24, 2.45) is 5.73 Å². The number of ether oxygens (including phenoxy) is 1. The van der Waals surface area contributed by atoms with E-state index in [2.05, 4.69) is 18.7 Å². The Bertz CT molecular complexity index is 427. The summed E-state index contributed by atoms with van der Waals surface area (Å²) in [6.07, 6.45) is 2.28. The minimum absolute atomic E-state index is 0.0229. The first-order valence-electron chi connectivity index (χ1n) is 7.09. The zero-order valence-corrected chi connectivity index (χ0v) is 13.3. The first-order valence-corrected chi connectivity index (χ1v) is 7.47. The van der Waals surface area contributed by atoms with Gasteiger partial charge >= 0.3 is 0 Å². The van der Waals surface area contributed by atoms with Gasteiger partial charge in [0.15, 0.2) is 11.5 Å². The van der Waals surface area contributed by atoms with Gasteiger partial charge in [-0.1, -0.05) is 31.9 Å². The molecule has 0 fully saturated rings. The molecule has 1 unspecified atom stereocenters. The zero-order chi connectivity index (χ0) is 15.1. The van der Waals surface area contributed by atoms with Crippen molar-refractivity contribution >= 4 is 11.6 Å². The van der Waals surface area contributed by atoms with Crippen LogP contribution in [0.2, 0.25) is 5.02 Å². The van der Waals surface area contributed by atoms with E-state index in [4.69, 9.17) is 22.1 Å². The Morgan fingerprint density at radius 3 is 2.60 bits per heavy atom. The number of likely N-dealkylation sites (N-methyl/N-ethyl adjacent to an activating group) is 1.